The molecule has 0 radical (unpaired) electrons. The molecule has 0 aromatic carbocycles. The van der Waals surface area contributed by atoms with E-state index in [1.807, 2.05) is 0 Å². The van der Waals surface area contributed by atoms with Gasteiger partial charge in [-0.1, -0.05) is 0 Å². The summed E-state index contributed by atoms with van der Waals surface area (Å²) < 4.78 is 34.2. The molecule has 0 aliphatic carbocycles. The SMILES string of the molecule is CC(N)(O)NC(=O)C(F)(F)F. The standard InChI is InChI=1S/C4H7F3N2O2/c1-3(8,11)9-2(10)4(5,6)7/h11H,8H2,1H3,(H,9,10). The van der Waals surface area contributed by atoms with Gasteiger partial charge in [0.05, 0.1) is 0 Å². The highest BCUT2D eigenvalue weighted by Gasteiger charge is 2.41. The van der Waals surface area contributed by atoms with Crippen LogP contribution in [0.3, 0.4) is 0 Å². The Kier molecular flexibility index (Phi) is 2.47. The number of alkyl halides is 3. The van der Waals surface area contributed by atoms with Crippen LogP contribution in [0, 0.1) is 0 Å². The minimum absolute atomic E-state index is 0.816. The normalized spacial score (nSPS) is 17.3. The van der Waals surface area contributed by atoms with Crippen molar-refractivity contribution < 1.29 is 23.1 Å². The van der Waals surface area contributed by atoms with Crippen molar-refractivity contribution in [2.45, 2.75) is 18.9 Å². The van der Waals surface area contributed by atoms with Crippen molar-refractivity contribution in [2.24, 2.45) is 5.73 Å². The zero-order valence-corrected chi connectivity index (χ0v) is 5.57. The van der Waals surface area contributed by atoms with Crippen LogP contribution in [0.1, 0.15) is 6.92 Å². The number of nitrogens with one attached hydrogen (secondary N) is 1. The average molecular weight is 172 g/mol. The van der Waals surface area contributed by atoms with Crippen LogP contribution in [-0.4, -0.2) is 23.0 Å². The van der Waals surface area contributed by atoms with Gasteiger partial charge in [0, 0.05) is 0 Å². The summed E-state index contributed by atoms with van der Waals surface area (Å²) >= 11 is 0. The first kappa shape index (κ1) is 10.2. The van der Waals surface area contributed by atoms with Crippen LogP contribution in [0.5, 0.6) is 0 Å². The van der Waals surface area contributed by atoms with Crippen LogP contribution >= 0.6 is 0 Å². The average Bonchev–Trinajstić information content (AvgIpc) is 1.56. The van der Waals surface area contributed by atoms with Crippen LogP contribution in [-0.2, 0) is 4.79 Å². The van der Waals surface area contributed by atoms with E-state index in [9.17, 15) is 18.0 Å². The van der Waals surface area contributed by atoms with Crippen molar-refractivity contribution in [3.63, 3.8) is 0 Å². The molecule has 0 aliphatic heterocycles. The Morgan fingerprint density at radius 1 is 1.55 bits per heavy atom. The molecule has 0 saturated heterocycles. The largest absolute Gasteiger partial charge is 0.471 e. The molecule has 0 spiro atoms. The van der Waals surface area contributed by atoms with Gasteiger partial charge in [-0.05, 0) is 6.92 Å². The van der Waals surface area contributed by atoms with E-state index in [2.05, 4.69) is 5.73 Å². The molecule has 4 nitrogen and oxygen atoms in total. The van der Waals surface area contributed by atoms with Gasteiger partial charge >= 0.3 is 12.1 Å². The van der Waals surface area contributed by atoms with Gasteiger partial charge in [0.2, 0.25) is 0 Å². The number of aliphatic hydroxyl groups is 1. The summed E-state index contributed by atoms with van der Waals surface area (Å²) in [5.41, 5.74) is 4.66. The quantitative estimate of drug-likeness (QED) is 0.457. The molecule has 0 aromatic rings. The highest BCUT2D eigenvalue weighted by atomic mass is 19.4. The summed E-state index contributed by atoms with van der Waals surface area (Å²) in [6, 6.07) is 0. The Morgan fingerprint density at radius 3 is 2.00 bits per heavy atom. The molecule has 1 atom stereocenters. The molecule has 1 amide bonds. The fraction of sp³-hybridized carbons (Fsp3) is 0.750. The van der Waals surface area contributed by atoms with Crippen molar-refractivity contribution in [2.75, 3.05) is 0 Å². The Balaban J connectivity index is 4.11. The molecular weight excluding hydrogens is 165 g/mol. The maximum absolute atomic E-state index is 11.4. The molecule has 0 saturated carbocycles. The van der Waals surface area contributed by atoms with Gasteiger partial charge in [-0.25, -0.2) is 0 Å². The third-order valence-electron chi connectivity index (χ3n) is 0.624. The Bertz CT molecular complexity index is 160. The topological polar surface area (TPSA) is 75.3 Å². The molecule has 4 N–H and O–H groups in total. The molecule has 11 heavy (non-hydrogen) atoms. The summed E-state index contributed by atoms with van der Waals surface area (Å²) in [6.07, 6.45) is -5.02. The summed E-state index contributed by atoms with van der Waals surface area (Å²) in [6.45, 7) is 0.816. The van der Waals surface area contributed by atoms with Gasteiger partial charge in [0.15, 0.2) is 5.85 Å². The second-order valence-electron chi connectivity index (χ2n) is 2.10. The van der Waals surface area contributed by atoms with E-state index >= 15 is 0 Å². The molecule has 0 fully saturated rings. The Labute approximate surface area is 60.2 Å². The molecule has 66 valence electrons. The second kappa shape index (κ2) is 2.67. The monoisotopic (exact) mass is 172 g/mol. The van der Waals surface area contributed by atoms with E-state index in [0.717, 1.165) is 12.2 Å². The summed E-state index contributed by atoms with van der Waals surface area (Å²) in [5, 5.41) is 9.63. The number of hydrogen-bond donors (Lipinski definition) is 3. The van der Waals surface area contributed by atoms with Crippen molar-refractivity contribution in [1.29, 1.82) is 0 Å². The van der Waals surface area contributed by atoms with Crippen molar-refractivity contribution >= 4 is 5.91 Å². The van der Waals surface area contributed by atoms with Gasteiger partial charge in [0.1, 0.15) is 0 Å². The highest BCUT2D eigenvalue weighted by Crippen LogP contribution is 2.14. The minimum Gasteiger partial charge on any atom is -0.359 e. The van der Waals surface area contributed by atoms with E-state index in [-0.39, 0.29) is 0 Å². The van der Waals surface area contributed by atoms with Gasteiger partial charge in [0.25, 0.3) is 0 Å². The number of hydrogen-bond acceptors (Lipinski definition) is 3. The van der Waals surface area contributed by atoms with Crippen LogP contribution in [0.25, 0.3) is 0 Å². The molecule has 0 heterocycles. The molecular formula is C4H7F3N2O2. The van der Waals surface area contributed by atoms with Crippen molar-refractivity contribution in [3.8, 4) is 0 Å². The molecule has 0 rings (SSSR count). The minimum atomic E-state index is -5.02. The van der Waals surface area contributed by atoms with Gasteiger partial charge in [-0.3, -0.25) is 10.5 Å². The maximum atomic E-state index is 11.4. The van der Waals surface area contributed by atoms with E-state index in [1.54, 1.807) is 0 Å². The molecule has 0 bridgehead atoms. The first-order chi connectivity index (χ1) is 4.63. The maximum Gasteiger partial charge on any atom is 0.471 e. The number of halogens is 3. The van der Waals surface area contributed by atoms with Crippen LogP contribution in [0.2, 0.25) is 0 Å². The smallest absolute Gasteiger partial charge is 0.359 e. The third kappa shape index (κ3) is 4.57. The van der Waals surface area contributed by atoms with Gasteiger partial charge < -0.3 is 10.4 Å². The lowest BCUT2D eigenvalue weighted by molar-refractivity contribution is -0.179. The van der Waals surface area contributed by atoms with Crippen molar-refractivity contribution in [1.82, 2.24) is 5.32 Å². The Morgan fingerprint density at radius 2 is 1.91 bits per heavy atom. The van der Waals surface area contributed by atoms with Crippen LogP contribution < -0.4 is 11.1 Å². The first-order valence-corrected chi connectivity index (χ1v) is 2.53. The number of nitrogens with two attached hydrogens (primary N) is 1. The number of carbonyl (C=O) groups excluding carboxylic acids is 1. The molecule has 0 aromatic heterocycles. The lowest BCUT2D eigenvalue weighted by Crippen LogP contribution is -2.56. The molecule has 0 aliphatic rings. The van der Waals surface area contributed by atoms with E-state index < -0.39 is 17.9 Å². The van der Waals surface area contributed by atoms with E-state index in [0.29, 0.717) is 0 Å². The van der Waals surface area contributed by atoms with E-state index in [1.165, 1.54) is 0 Å². The lowest BCUT2D eigenvalue weighted by Gasteiger charge is -2.19. The van der Waals surface area contributed by atoms with Gasteiger partial charge in [-0.2, -0.15) is 13.2 Å². The zero-order valence-electron chi connectivity index (χ0n) is 5.57. The zero-order chi connectivity index (χ0) is 9.28. The number of amides is 1. The van der Waals surface area contributed by atoms with Gasteiger partial charge in [-0.15, -0.1) is 0 Å². The number of carbonyl (C=O) groups is 1. The van der Waals surface area contributed by atoms with E-state index in [4.69, 9.17) is 5.11 Å². The predicted octanol–water partition coefficient (Wildman–Crippen LogP) is -0.710. The Hall–Kier alpha value is -0.820. The first-order valence-electron chi connectivity index (χ1n) is 2.53. The van der Waals surface area contributed by atoms with Crippen LogP contribution in [0.15, 0.2) is 0 Å². The van der Waals surface area contributed by atoms with Crippen LogP contribution in [0.4, 0.5) is 13.2 Å². The summed E-state index contributed by atoms with van der Waals surface area (Å²) in [7, 11) is 0. The fourth-order valence-electron chi connectivity index (χ4n) is 0.301. The molecule has 1 unspecified atom stereocenters. The number of rotatable bonds is 1. The summed E-state index contributed by atoms with van der Waals surface area (Å²) in [5.74, 6) is -4.61. The molecule has 7 heteroatoms. The predicted molar refractivity (Wildman–Crippen MR) is 29.0 cm³/mol. The highest BCUT2D eigenvalue weighted by molar-refractivity contribution is 5.82. The lowest BCUT2D eigenvalue weighted by atomic mass is 10.4. The fourth-order valence-corrected chi connectivity index (χ4v) is 0.301. The summed E-state index contributed by atoms with van der Waals surface area (Å²) in [4.78, 5) is 10.0. The second-order valence-corrected chi connectivity index (χ2v) is 2.10. The van der Waals surface area contributed by atoms with Crippen molar-refractivity contribution in [3.05, 3.63) is 0 Å². The third-order valence-corrected chi connectivity index (χ3v) is 0.624.